The van der Waals surface area contributed by atoms with E-state index in [4.69, 9.17) is 4.42 Å². The number of rotatable bonds is 4. The van der Waals surface area contributed by atoms with Gasteiger partial charge < -0.3 is 9.73 Å². The van der Waals surface area contributed by atoms with Crippen LogP contribution in [-0.4, -0.2) is 7.05 Å². The molecule has 2 nitrogen and oxygen atoms in total. The largest absolute Gasteiger partial charge is 0.465 e. The number of benzene rings is 2. The van der Waals surface area contributed by atoms with Crippen LogP contribution < -0.4 is 5.32 Å². The number of fused-ring (bicyclic) bond motifs is 1. The fourth-order valence-corrected chi connectivity index (χ4v) is 2.68. The summed E-state index contributed by atoms with van der Waals surface area (Å²) in [6, 6.07) is 19.3. The molecule has 0 fully saturated rings. The molecule has 0 spiro atoms. The van der Waals surface area contributed by atoms with Crippen LogP contribution in [0.15, 0.2) is 59.0 Å². The van der Waals surface area contributed by atoms with Gasteiger partial charge in [0.1, 0.15) is 11.5 Å². The summed E-state index contributed by atoms with van der Waals surface area (Å²) in [5, 5.41) is 5.96. The molecule has 0 amide bonds. The molecule has 3 aromatic rings. The highest BCUT2D eigenvalue weighted by molar-refractivity contribution is 5.85. The normalized spacial score (nSPS) is 12.7. The summed E-state index contributed by atoms with van der Waals surface area (Å²) < 4.78 is 5.76. The van der Waals surface area contributed by atoms with Crippen LogP contribution >= 0.6 is 0 Å². The molecule has 1 unspecified atom stereocenters. The number of aryl methyl sites for hydroxylation is 1. The molecule has 0 aliphatic carbocycles. The minimum atomic E-state index is 0.203. The van der Waals surface area contributed by atoms with Crippen LogP contribution in [-0.2, 0) is 6.42 Å². The number of hydrogen-bond donors (Lipinski definition) is 1. The molecule has 2 aromatic carbocycles. The molecule has 0 bridgehead atoms. The van der Waals surface area contributed by atoms with Gasteiger partial charge in [-0.05, 0) is 48.9 Å². The van der Waals surface area contributed by atoms with Crippen LogP contribution in [0.25, 0.3) is 10.8 Å². The predicted molar refractivity (Wildman–Crippen MR) is 82.9 cm³/mol. The highest BCUT2D eigenvalue weighted by Gasteiger charge is 2.14. The quantitative estimate of drug-likeness (QED) is 0.763. The lowest BCUT2D eigenvalue weighted by Crippen LogP contribution is -2.18. The van der Waals surface area contributed by atoms with E-state index < -0.39 is 0 Å². The van der Waals surface area contributed by atoms with E-state index in [1.54, 1.807) is 0 Å². The minimum Gasteiger partial charge on any atom is -0.465 e. The summed E-state index contributed by atoms with van der Waals surface area (Å²) >= 11 is 0. The van der Waals surface area contributed by atoms with Crippen molar-refractivity contribution < 1.29 is 4.42 Å². The smallest absolute Gasteiger partial charge is 0.121 e. The Morgan fingerprint density at radius 3 is 2.55 bits per heavy atom. The molecule has 1 heterocycles. The van der Waals surface area contributed by atoms with Gasteiger partial charge in [0.15, 0.2) is 0 Å². The van der Waals surface area contributed by atoms with Crippen LogP contribution in [0.2, 0.25) is 0 Å². The average molecular weight is 265 g/mol. The highest BCUT2D eigenvalue weighted by Crippen LogP contribution is 2.25. The first kappa shape index (κ1) is 12.9. The first-order valence-electron chi connectivity index (χ1n) is 6.98. The number of nitrogens with one attached hydrogen (secondary N) is 1. The molecule has 20 heavy (non-hydrogen) atoms. The summed E-state index contributed by atoms with van der Waals surface area (Å²) in [4.78, 5) is 0. The lowest BCUT2D eigenvalue weighted by atomic mass is 9.98. The third-order valence-corrected chi connectivity index (χ3v) is 3.76. The van der Waals surface area contributed by atoms with Gasteiger partial charge in [-0.1, -0.05) is 42.5 Å². The lowest BCUT2D eigenvalue weighted by Gasteiger charge is -2.15. The summed E-state index contributed by atoms with van der Waals surface area (Å²) in [5.41, 5.74) is 1.34. The minimum absolute atomic E-state index is 0.203. The van der Waals surface area contributed by atoms with Crippen molar-refractivity contribution in [3.05, 3.63) is 71.7 Å². The Hall–Kier alpha value is -2.06. The van der Waals surface area contributed by atoms with Crippen molar-refractivity contribution in [1.82, 2.24) is 5.32 Å². The van der Waals surface area contributed by atoms with Crippen molar-refractivity contribution in [3.8, 4) is 0 Å². The second-order valence-electron chi connectivity index (χ2n) is 5.13. The third kappa shape index (κ3) is 2.47. The Kier molecular flexibility index (Phi) is 3.57. The van der Waals surface area contributed by atoms with E-state index in [9.17, 15) is 0 Å². The second-order valence-corrected chi connectivity index (χ2v) is 5.13. The molecule has 102 valence electrons. The van der Waals surface area contributed by atoms with Crippen molar-refractivity contribution in [3.63, 3.8) is 0 Å². The molecule has 0 aliphatic heterocycles. The summed E-state index contributed by atoms with van der Waals surface area (Å²) in [6.07, 6.45) is 0.921. The van der Waals surface area contributed by atoms with Crippen molar-refractivity contribution in [2.45, 2.75) is 19.4 Å². The lowest BCUT2D eigenvalue weighted by molar-refractivity contribution is 0.415. The SMILES string of the molecule is CNC(Cc1cccc2ccccc12)c1ccc(C)o1. The Morgan fingerprint density at radius 1 is 1.00 bits per heavy atom. The fraction of sp³-hybridized carbons (Fsp3) is 0.222. The third-order valence-electron chi connectivity index (χ3n) is 3.76. The zero-order valence-electron chi connectivity index (χ0n) is 11.9. The van der Waals surface area contributed by atoms with Crippen molar-refractivity contribution >= 4 is 10.8 Å². The Bertz CT molecular complexity index is 709. The zero-order valence-corrected chi connectivity index (χ0v) is 11.9. The molecule has 0 saturated heterocycles. The van der Waals surface area contributed by atoms with Gasteiger partial charge in [-0.2, -0.15) is 0 Å². The maximum atomic E-state index is 5.76. The van der Waals surface area contributed by atoms with Gasteiger partial charge in [0.25, 0.3) is 0 Å². The first-order chi connectivity index (χ1) is 9.78. The first-order valence-corrected chi connectivity index (χ1v) is 6.98. The van der Waals surface area contributed by atoms with Gasteiger partial charge in [-0.3, -0.25) is 0 Å². The van der Waals surface area contributed by atoms with Gasteiger partial charge in [0.2, 0.25) is 0 Å². The van der Waals surface area contributed by atoms with Crippen molar-refractivity contribution in [2.24, 2.45) is 0 Å². The zero-order chi connectivity index (χ0) is 13.9. The van der Waals surface area contributed by atoms with E-state index in [2.05, 4.69) is 53.8 Å². The van der Waals surface area contributed by atoms with Crippen molar-refractivity contribution in [1.29, 1.82) is 0 Å². The van der Waals surface area contributed by atoms with E-state index in [0.717, 1.165) is 17.9 Å². The van der Waals surface area contributed by atoms with Crippen LogP contribution in [0.5, 0.6) is 0 Å². The molecule has 3 rings (SSSR count). The molecule has 2 heteroatoms. The van der Waals surface area contributed by atoms with Crippen LogP contribution in [0, 0.1) is 6.92 Å². The second kappa shape index (κ2) is 5.51. The van der Waals surface area contributed by atoms with E-state index in [-0.39, 0.29) is 6.04 Å². The van der Waals surface area contributed by atoms with Gasteiger partial charge >= 0.3 is 0 Å². The van der Waals surface area contributed by atoms with E-state index in [1.165, 1.54) is 16.3 Å². The Morgan fingerprint density at radius 2 is 1.80 bits per heavy atom. The van der Waals surface area contributed by atoms with Crippen LogP contribution in [0.3, 0.4) is 0 Å². The molecule has 1 N–H and O–H groups in total. The Balaban J connectivity index is 1.95. The number of likely N-dealkylation sites (N-methyl/N-ethyl adjacent to an activating group) is 1. The van der Waals surface area contributed by atoms with Gasteiger partial charge in [0, 0.05) is 0 Å². The molecule has 0 saturated carbocycles. The molecular weight excluding hydrogens is 246 g/mol. The monoisotopic (exact) mass is 265 g/mol. The molecule has 0 radical (unpaired) electrons. The van der Waals surface area contributed by atoms with Crippen LogP contribution in [0.4, 0.5) is 0 Å². The standard InChI is InChI=1S/C18H19NO/c1-13-10-11-18(20-13)17(19-2)12-15-8-5-7-14-6-3-4-9-16(14)15/h3-11,17,19H,12H2,1-2H3. The highest BCUT2D eigenvalue weighted by atomic mass is 16.3. The molecule has 0 aliphatic rings. The van der Waals surface area contributed by atoms with Gasteiger partial charge in [-0.15, -0.1) is 0 Å². The van der Waals surface area contributed by atoms with E-state index in [0.29, 0.717) is 0 Å². The Labute approximate surface area is 119 Å². The number of furan rings is 1. The van der Waals surface area contributed by atoms with E-state index in [1.807, 2.05) is 20.0 Å². The van der Waals surface area contributed by atoms with Crippen molar-refractivity contribution in [2.75, 3.05) is 7.05 Å². The van der Waals surface area contributed by atoms with Gasteiger partial charge in [-0.25, -0.2) is 0 Å². The summed E-state index contributed by atoms with van der Waals surface area (Å²) in [7, 11) is 1.98. The van der Waals surface area contributed by atoms with Crippen LogP contribution in [0.1, 0.15) is 23.1 Å². The predicted octanol–water partition coefficient (Wildman–Crippen LogP) is 4.24. The molecule has 1 aromatic heterocycles. The summed E-state index contributed by atoms with van der Waals surface area (Å²) in [5.74, 6) is 1.95. The average Bonchev–Trinajstić information content (AvgIpc) is 2.91. The van der Waals surface area contributed by atoms with E-state index >= 15 is 0 Å². The molecule has 1 atom stereocenters. The number of hydrogen-bond acceptors (Lipinski definition) is 2. The maximum absolute atomic E-state index is 5.76. The van der Waals surface area contributed by atoms with Gasteiger partial charge in [0.05, 0.1) is 6.04 Å². The molecular formula is C18H19NO. The fourth-order valence-electron chi connectivity index (χ4n) is 2.68. The topological polar surface area (TPSA) is 25.2 Å². The maximum Gasteiger partial charge on any atom is 0.121 e. The summed E-state index contributed by atoms with van der Waals surface area (Å²) in [6.45, 7) is 1.98.